The zero-order chi connectivity index (χ0) is 53.0. The fourth-order valence-corrected chi connectivity index (χ4v) is 9.03. The largest absolute Gasteiger partial charge is 0.497 e. The second-order valence-corrected chi connectivity index (χ2v) is 18.6. The van der Waals surface area contributed by atoms with Crippen LogP contribution in [0, 0.1) is 0 Å². The number of methoxy groups -OCH3 is 1. The molecule has 24 nitrogen and oxygen atoms in total. The van der Waals surface area contributed by atoms with Crippen LogP contribution in [0.1, 0.15) is 24.8 Å². The molecule has 0 aliphatic carbocycles. The number of carbonyl (C=O) groups is 6. The smallest absolute Gasteiger partial charge is 0.407 e. The Balaban J connectivity index is 1.28. The number of amides is 3. The summed E-state index contributed by atoms with van der Waals surface area (Å²) >= 11 is 0. The molecule has 0 saturated carbocycles. The van der Waals surface area contributed by atoms with Crippen LogP contribution in [0.5, 0.6) is 5.75 Å². The number of carboxylic acid groups (broad SMARTS) is 2. The van der Waals surface area contributed by atoms with Gasteiger partial charge in [-0.3, -0.25) is 48.7 Å². The topological polar surface area (TPSA) is 287 Å². The summed E-state index contributed by atoms with van der Waals surface area (Å²) in [6.45, 7) is 3.76. The molecule has 25 heteroatoms. The maximum absolute atomic E-state index is 14.2. The van der Waals surface area contributed by atoms with E-state index in [4.69, 9.17) is 23.8 Å². The third-order valence-electron chi connectivity index (χ3n) is 11.6. The molecule has 1 fully saturated rings. The molecule has 1 atom stereocenters. The molecule has 1 heterocycles. The van der Waals surface area contributed by atoms with E-state index in [9.17, 15) is 52.6 Å². The van der Waals surface area contributed by atoms with Gasteiger partial charge in [-0.2, -0.15) is 0 Å². The summed E-state index contributed by atoms with van der Waals surface area (Å²) in [6, 6.07) is 20.4. The molecule has 1 saturated heterocycles. The van der Waals surface area contributed by atoms with E-state index in [-0.39, 0.29) is 69.9 Å². The molecule has 402 valence electrons. The van der Waals surface area contributed by atoms with Crippen LogP contribution in [0.4, 0.5) is 4.79 Å². The molecule has 0 unspecified atom stereocenters. The first-order chi connectivity index (χ1) is 35.1. The fraction of sp³-hybridized carbons (Fsp3) is 0.500. The first kappa shape index (κ1) is 59.3. The first-order valence-electron chi connectivity index (χ1n) is 23.6. The lowest BCUT2D eigenvalue weighted by molar-refractivity contribution is -0.159. The summed E-state index contributed by atoms with van der Waals surface area (Å²) in [5.74, 6) is -2.78. The number of rotatable bonds is 35. The Morgan fingerprint density at radius 3 is 2.04 bits per heavy atom. The Labute approximate surface area is 425 Å². The minimum Gasteiger partial charge on any atom is -0.497 e. The minimum atomic E-state index is -4.59. The SMILES string of the molecule is COc1ccc(-c2ccc(S(=O)(=O)N(OCCOCCN3CCN(C(=O)CCCN(CCN(C)COC=O)CCN(CC(=O)O)CC(=O)O)CC3)[C@H](CCNC(=O)OCc3ccccc3)C(=O)NO)cc2)cc1. The minimum absolute atomic E-state index is 0.0234. The highest BCUT2D eigenvalue weighted by molar-refractivity contribution is 7.89. The van der Waals surface area contributed by atoms with E-state index < -0.39 is 53.1 Å². The summed E-state index contributed by atoms with van der Waals surface area (Å²) < 4.78 is 50.1. The lowest BCUT2D eigenvalue weighted by Crippen LogP contribution is -2.50. The Morgan fingerprint density at radius 2 is 1.42 bits per heavy atom. The van der Waals surface area contributed by atoms with E-state index in [0.717, 1.165) is 11.1 Å². The Bertz CT molecular complexity index is 2260. The lowest BCUT2D eigenvalue weighted by atomic mass is 10.1. The van der Waals surface area contributed by atoms with E-state index >= 15 is 0 Å². The third-order valence-corrected chi connectivity index (χ3v) is 13.3. The Morgan fingerprint density at radius 1 is 0.795 bits per heavy atom. The van der Waals surface area contributed by atoms with E-state index in [1.165, 1.54) is 22.5 Å². The van der Waals surface area contributed by atoms with Gasteiger partial charge in [-0.25, -0.2) is 18.7 Å². The van der Waals surface area contributed by atoms with Gasteiger partial charge >= 0.3 is 18.0 Å². The van der Waals surface area contributed by atoms with Gasteiger partial charge in [0, 0.05) is 71.9 Å². The number of sulfonamides is 1. The van der Waals surface area contributed by atoms with Crippen LogP contribution in [0.15, 0.2) is 83.8 Å². The van der Waals surface area contributed by atoms with Crippen LogP contribution in [-0.4, -0.2) is 221 Å². The third kappa shape index (κ3) is 21.4. The van der Waals surface area contributed by atoms with Crippen molar-refractivity contribution in [1.82, 2.24) is 39.8 Å². The number of aliphatic carboxylic acids is 2. The van der Waals surface area contributed by atoms with E-state index in [1.54, 1.807) is 72.5 Å². The number of carbonyl (C=O) groups excluding carboxylic acids is 4. The summed E-state index contributed by atoms with van der Waals surface area (Å²) in [6.07, 6.45) is -0.371. The van der Waals surface area contributed by atoms with Crippen molar-refractivity contribution in [2.24, 2.45) is 0 Å². The predicted molar refractivity (Wildman–Crippen MR) is 262 cm³/mol. The summed E-state index contributed by atoms with van der Waals surface area (Å²) in [5.41, 5.74) is 3.75. The van der Waals surface area contributed by atoms with Crippen molar-refractivity contribution in [2.45, 2.75) is 36.8 Å². The number of hydrogen-bond donors (Lipinski definition) is 5. The second kappa shape index (κ2) is 32.0. The maximum atomic E-state index is 14.2. The predicted octanol–water partition coefficient (Wildman–Crippen LogP) is 1.25. The van der Waals surface area contributed by atoms with Crippen LogP contribution < -0.4 is 15.5 Å². The zero-order valence-corrected chi connectivity index (χ0v) is 42.1. The van der Waals surface area contributed by atoms with Gasteiger partial charge in [-0.15, -0.1) is 0 Å². The van der Waals surface area contributed by atoms with Crippen LogP contribution in [0.3, 0.4) is 0 Å². The highest BCUT2D eigenvalue weighted by Gasteiger charge is 2.37. The molecule has 3 aromatic carbocycles. The second-order valence-electron chi connectivity index (χ2n) is 16.9. The number of hydrogen-bond acceptors (Lipinski definition) is 18. The maximum Gasteiger partial charge on any atom is 0.407 e. The molecule has 1 aliphatic heterocycles. The van der Waals surface area contributed by atoms with Crippen LogP contribution >= 0.6 is 0 Å². The van der Waals surface area contributed by atoms with E-state index in [0.29, 0.717) is 87.6 Å². The van der Waals surface area contributed by atoms with Crippen molar-refractivity contribution < 1.29 is 76.4 Å². The normalized spacial score (nSPS) is 13.5. The van der Waals surface area contributed by atoms with Crippen LogP contribution in [0.25, 0.3) is 11.1 Å². The molecule has 73 heavy (non-hydrogen) atoms. The van der Waals surface area contributed by atoms with Gasteiger partial charge in [0.15, 0.2) is 0 Å². The monoisotopic (exact) mass is 1040 g/mol. The molecule has 3 aromatic rings. The van der Waals surface area contributed by atoms with Gasteiger partial charge < -0.3 is 44.3 Å². The molecule has 3 amide bonds. The highest BCUT2D eigenvalue weighted by Crippen LogP contribution is 2.26. The Hall–Kier alpha value is -6.29. The van der Waals surface area contributed by atoms with Gasteiger partial charge in [0.1, 0.15) is 25.1 Å². The number of piperazine rings is 1. The molecule has 0 spiro atoms. The molecular formula is C48H68N8O16S. The molecule has 0 bridgehead atoms. The van der Waals surface area contributed by atoms with Crippen molar-refractivity contribution in [1.29, 1.82) is 0 Å². The van der Waals surface area contributed by atoms with Crippen molar-refractivity contribution in [3.05, 3.63) is 84.4 Å². The first-order valence-corrected chi connectivity index (χ1v) is 25.1. The number of hydroxylamine groups is 2. The van der Waals surface area contributed by atoms with Crippen molar-refractivity contribution >= 4 is 46.3 Å². The summed E-state index contributed by atoms with van der Waals surface area (Å²) in [7, 11) is -1.28. The van der Waals surface area contributed by atoms with Crippen LogP contribution in [0.2, 0.25) is 0 Å². The van der Waals surface area contributed by atoms with Gasteiger partial charge in [0.2, 0.25) is 5.91 Å². The van der Waals surface area contributed by atoms with E-state index in [2.05, 4.69) is 10.2 Å². The fourth-order valence-electron chi connectivity index (χ4n) is 7.59. The number of benzene rings is 3. The molecule has 4 rings (SSSR count). The van der Waals surface area contributed by atoms with Gasteiger partial charge in [-0.05, 0) is 67.4 Å². The molecule has 5 N–H and O–H groups in total. The van der Waals surface area contributed by atoms with Gasteiger partial charge in [-0.1, -0.05) is 59.1 Å². The lowest BCUT2D eigenvalue weighted by Gasteiger charge is -2.35. The van der Waals surface area contributed by atoms with Gasteiger partial charge in [0.05, 0.1) is 44.9 Å². The molecule has 0 radical (unpaired) electrons. The average molecular weight is 1050 g/mol. The van der Waals surface area contributed by atoms with E-state index in [1.807, 2.05) is 23.1 Å². The average Bonchev–Trinajstić information content (AvgIpc) is 3.39. The number of nitrogens with one attached hydrogen (secondary N) is 2. The number of carboxylic acids is 2. The zero-order valence-electron chi connectivity index (χ0n) is 41.2. The highest BCUT2D eigenvalue weighted by atomic mass is 32.2. The quantitative estimate of drug-likeness (QED) is 0.0182. The van der Waals surface area contributed by atoms with Crippen LogP contribution in [-0.2, 0) is 59.7 Å². The molecule has 0 aromatic heterocycles. The summed E-state index contributed by atoms with van der Waals surface area (Å²) in [5, 5.41) is 30.7. The Kier molecular flexibility index (Phi) is 26.0. The molecule has 1 aliphatic rings. The van der Waals surface area contributed by atoms with Crippen molar-refractivity contribution in [2.75, 3.05) is 126 Å². The van der Waals surface area contributed by atoms with Gasteiger partial charge in [0.25, 0.3) is 22.4 Å². The number of likely N-dealkylation sites (N-methyl/N-ethyl adjacent to an activating group) is 1. The standard InChI is InChI=1S/C48H68N8O16S/c1-51(36-70-37-57)21-22-52(23-24-54(33-45(59)60)34-46(61)62)20-6-9-44(58)55-27-25-53(26-28-55)29-30-69-31-32-72-56(43(47(63)50-65)18-19-49-48(64)71-35-38-7-4-3-5-8-38)73(66,67)42-16-12-40(13-17-42)39-10-14-41(68-2)15-11-39/h3-5,7-8,10-17,37,43,65H,6,9,18-36H2,1-2H3,(H,49,64)(H,50,63)(H,59,60)(H,61,62)/t43-/m1/s1. The number of ether oxygens (including phenoxy) is 4. The van der Waals surface area contributed by atoms with Crippen molar-refractivity contribution in [3.8, 4) is 16.9 Å². The summed E-state index contributed by atoms with van der Waals surface area (Å²) in [4.78, 5) is 86.7. The number of alkyl carbamates (subject to hydrolysis) is 1. The number of nitrogens with zero attached hydrogens (tertiary/aromatic N) is 6. The molecular weight excluding hydrogens is 977 g/mol. The van der Waals surface area contributed by atoms with Crippen molar-refractivity contribution in [3.63, 3.8) is 0 Å².